The number of benzene rings is 1. The number of hydrogen-bond donors (Lipinski definition) is 2. The monoisotopic (exact) mass is 316 g/mol. The minimum absolute atomic E-state index is 0.111. The summed E-state index contributed by atoms with van der Waals surface area (Å²) in [6.07, 6.45) is -4.46. The second kappa shape index (κ2) is 5.68. The Morgan fingerprint density at radius 2 is 2.14 bits per heavy atom. The number of nitrogens with one attached hydrogen (secondary N) is 1. The van der Waals surface area contributed by atoms with Gasteiger partial charge in [0.2, 0.25) is 5.89 Å². The van der Waals surface area contributed by atoms with Gasteiger partial charge in [0.05, 0.1) is 12.1 Å². The summed E-state index contributed by atoms with van der Waals surface area (Å²) >= 11 is 4.79. The van der Waals surface area contributed by atoms with Crippen molar-refractivity contribution in [1.29, 1.82) is 0 Å². The van der Waals surface area contributed by atoms with Crippen LogP contribution in [0.1, 0.15) is 22.8 Å². The third-order valence-corrected chi connectivity index (χ3v) is 2.84. The van der Waals surface area contributed by atoms with Crippen molar-refractivity contribution in [3.63, 3.8) is 0 Å². The van der Waals surface area contributed by atoms with Gasteiger partial charge in [-0.1, -0.05) is 17.4 Å². The SMILES string of the molecule is Cc1nc(CNc2ccc(C(F)(F)F)cc2C(N)=S)no1. The van der Waals surface area contributed by atoms with Gasteiger partial charge in [-0.15, -0.1) is 0 Å². The Bertz CT molecular complexity index is 669. The molecule has 1 aromatic heterocycles. The van der Waals surface area contributed by atoms with Crippen molar-refractivity contribution < 1.29 is 17.7 Å². The van der Waals surface area contributed by atoms with Crippen LogP contribution in [0, 0.1) is 6.92 Å². The Morgan fingerprint density at radius 1 is 1.43 bits per heavy atom. The highest BCUT2D eigenvalue weighted by molar-refractivity contribution is 7.80. The normalized spacial score (nSPS) is 11.4. The molecule has 9 heteroatoms. The van der Waals surface area contributed by atoms with E-state index in [1.54, 1.807) is 6.92 Å². The Balaban J connectivity index is 2.24. The zero-order valence-corrected chi connectivity index (χ0v) is 11.7. The van der Waals surface area contributed by atoms with Gasteiger partial charge in [0.25, 0.3) is 0 Å². The van der Waals surface area contributed by atoms with Crippen LogP contribution in [-0.4, -0.2) is 15.1 Å². The van der Waals surface area contributed by atoms with Crippen LogP contribution in [0.5, 0.6) is 0 Å². The number of nitrogens with two attached hydrogens (primary N) is 1. The average Bonchev–Trinajstić information content (AvgIpc) is 2.80. The topological polar surface area (TPSA) is 77.0 Å². The molecule has 0 fully saturated rings. The lowest BCUT2D eigenvalue weighted by Gasteiger charge is -2.13. The van der Waals surface area contributed by atoms with Crippen molar-refractivity contribution in [2.45, 2.75) is 19.6 Å². The van der Waals surface area contributed by atoms with Gasteiger partial charge in [-0.2, -0.15) is 18.2 Å². The lowest BCUT2D eigenvalue weighted by atomic mass is 10.1. The first-order valence-electron chi connectivity index (χ1n) is 5.81. The van der Waals surface area contributed by atoms with Gasteiger partial charge < -0.3 is 15.6 Å². The molecule has 0 aliphatic heterocycles. The van der Waals surface area contributed by atoms with Gasteiger partial charge in [-0.25, -0.2) is 0 Å². The van der Waals surface area contributed by atoms with Crippen LogP contribution in [-0.2, 0) is 12.7 Å². The molecule has 0 atom stereocenters. The zero-order valence-electron chi connectivity index (χ0n) is 10.9. The number of aryl methyl sites for hydroxylation is 1. The van der Waals surface area contributed by atoms with E-state index in [0.29, 0.717) is 17.4 Å². The summed E-state index contributed by atoms with van der Waals surface area (Å²) in [5.74, 6) is 0.773. The molecule has 112 valence electrons. The van der Waals surface area contributed by atoms with Crippen LogP contribution in [0.3, 0.4) is 0 Å². The highest BCUT2D eigenvalue weighted by Crippen LogP contribution is 2.32. The third-order valence-electron chi connectivity index (χ3n) is 2.62. The minimum Gasteiger partial charge on any atom is -0.389 e. The Hall–Kier alpha value is -2.16. The van der Waals surface area contributed by atoms with Crippen LogP contribution in [0.2, 0.25) is 0 Å². The van der Waals surface area contributed by atoms with E-state index in [2.05, 4.69) is 15.5 Å². The van der Waals surface area contributed by atoms with Crippen LogP contribution in [0.15, 0.2) is 22.7 Å². The molecule has 1 heterocycles. The molecule has 0 aliphatic carbocycles. The number of nitrogens with zero attached hydrogens (tertiary/aromatic N) is 2. The van der Waals surface area contributed by atoms with Gasteiger partial charge in [-0.05, 0) is 18.2 Å². The lowest BCUT2D eigenvalue weighted by molar-refractivity contribution is -0.137. The van der Waals surface area contributed by atoms with Crippen molar-refractivity contribution >= 4 is 22.9 Å². The predicted octanol–water partition coefficient (Wildman–Crippen LogP) is 2.64. The van der Waals surface area contributed by atoms with E-state index in [4.69, 9.17) is 22.5 Å². The molecule has 0 unspecified atom stereocenters. The molecule has 2 rings (SSSR count). The first kappa shape index (κ1) is 15.2. The van der Waals surface area contributed by atoms with E-state index in [-0.39, 0.29) is 17.1 Å². The van der Waals surface area contributed by atoms with Gasteiger partial charge >= 0.3 is 6.18 Å². The number of rotatable bonds is 4. The summed E-state index contributed by atoms with van der Waals surface area (Å²) < 4.78 is 42.8. The molecule has 0 saturated carbocycles. The van der Waals surface area contributed by atoms with Gasteiger partial charge in [0, 0.05) is 18.2 Å². The Labute approximate surface area is 123 Å². The number of anilines is 1. The number of aromatic nitrogens is 2. The van der Waals surface area contributed by atoms with Gasteiger partial charge in [0.15, 0.2) is 5.82 Å². The minimum atomic E-state index is -4.46. The van der Waals surface area contributed by atoms with E-state index in [9.17, 15) is 13.2 Å². The second-order valence-corrected chi connectivity index (χ2v) is 4.65. The Morgan fingerprint density at radius 3 is 2.67 bits per heavy atom. The smallest absolute Gasteiger partial charge is 0.389 e. The molecular formula is C12H11F3N4OS. The van der Waals surface area contributed by atoms with Crippen LogP contribution in [0.4, 0.5) is 18.9 Å². The average molecular weight is 316 g/mol. The van der Waals surface area contributed by atoms with Crippen LogP contribution < -0.4 is 11.1 Å². The van der Waals surface area contributed by atoms with Crippen molar-refractivity contribution in [3.8, 4) is 0 Å². The maximum absolute atomic E-state index is 12.7. The predicted molar refractivity (Wildman–Crippen MR) is 73.7 cm³/mol. The second-order valence-electron chi connectivity index (χ2n) is 4.21. The Kier molecular flexibility index (Phi) is 4.12. The maximum Gasteiger partial charge on any atom is 0.416 e. The highest BCUT2D eigenvalue weighted by Gasteiger charge is 2.31. The van der Waals surface area contributed by atoms with Gasteiger partial charge in [-0.3, -0.25) is 0 Å². The fourth-order valence-corrected chi connectivity index (χ4v) is 1.83. The summed E-state index contributed by atoms with van der Waals surface area (Å²) in [5.41, 5.74) is 5.14. The summed E-state index contributed by atoms with van der Waals surface area (Å²) in [7, 11) is 0. The molecule has 2 aromatic rings. The van der Waals surface area contributed by atoms with Crippen molar-refractivity contribution in [1.82, 2.24) is 10.1 Å². The third kappa shape index (κ3) is 3.69. The number of alkyl halides is 3. The number of hydrogen-bond acceptors (Lipinski definition) is 5. The van der Waals surface area contributed by atoms with E-state index in [0.717, 1.165) is 12.1 Å². The molecule has 0 radical (unpaired) electrons. The molecule has 21 heavy (non-hydrogen) atoms. The highest BCUT2D eigenvalue weighted by atomic mass is 32.1. The summed E-state index contributed by atoms with van der Waals surface area (Å²) in [6, 6.07) is 3.13. The van der Waals surface area contributed by atoms with E-state index >= 15 is 0 Å². The molecule has 5 nitrogen and oxygen atoms in total. The summed E-state index contributed by atoms with van der Waals surface area (Å²) in [6.45, 7) is 1.81. The van der Waals surface area contributed by atoms with Gasteiger partial charge in [0.1, 0.15) is 4.99 Å². The van der Waals surface area contributed by atoms with E-state index < -0.39 is 11.7 Å². The summed E-state index contributed by atoms with van der Waals surface area (Å²) in [5, 5.41) is 6.55. The largest absolute Gasteiger partial charge is 0.416 e. The van der Waals surface area contributed by atoms with Crippen LogP contribution >= 0.6 is 12.2 Å². The van der Waals surface area contributed by atoms with E-state index in [1.807, 2.05) is 0 Å². The lowest BCUT2D eigenvalue weighted by Crippen LogP contribution is -2.16. The molecular weight excluding hydrogens is 305 g/mol. The molecule has 1 aromatic carbocycles. The molecule has 0 bridgehead atoms. The fourth-order valence-electron chi connectivity index (χ4n) is 1.67. The first-order chi connectivity index (χ1) is 9.77. The standard InChI is InChI=1S/C12H11F3N4OS/c1-6-18-10(19-20-6)5-17-9-3-2-7(12(13,14)15)4-8(9)11(16)21/h2-4,17H,5H2,1H3,(H2,16,21). The zero-order chi connectivity index (χ0) is 15.6. The van der Waals surface area contributed by atoms with Crippen molar-refractivity contribution in [2.75, 3.05) is 5.32 Å². The number of thiocarbonyl (C=S) groups is 1. The summed E-state index contributed by atoms with van der Waals surface area (Å²) in [4.78, 5) is 3.84. The van der Waals surface area contributed by atoms with Crippen molar-refractivity contribution in [2.24, 2.45) is 5.73 Å². The fraction of sp³-hybridized carbons (Fsp3) is 0.250. The van der Waals surface area contributed by atoms with E-state index in [1.165, 1.54) is 6.07 Å². The molecule has 0 spiro atoms. The molecule has 0 saturated heterocycles. The van der Waals surface area contributed by atoms with Crippen LogP contribution in [0.25, 0.3) is 0 Å². The molecule has 0 amide bonds. The maximum atomic E-state index is 12.7. The quantitative estimate of drug-likeness (QED) is 0.845. The molecule has 0 aliphatic rings. The molecule has 3 N–H and O–H groups in total. The first-order valence-corrected chi connectivity index (χ1v) is 6.22. The number of halogens is 3. The van der Waals surface area contributed by atoms with Crippen molar-refractivity contribution in [3.05, 3.63) is 41.0 Å².